The Bertz CT molecular complexity index is 571. The molecule has 3 nitrogen and oxygen atoms in total. The Labute approximate surface area is 131 Å². The van der Waals surface area contributed by atoms with Crippen LogP contribution in [0.25, 0.3) is 0 Å². The molecule has 102 valence electrons. The van der Waals surface area contributed by atoms with E-state index in [1.54, 1.807) is 12.1 Å². The molecule has 0 atom stereocenters. The summed E-state index contributed by atoms with van der Waals surface area (Å²) >= 11 is 19.7. The Morgan fingerprint density at radius 3 is 2.68 bits per heavy atom. The van der Waals surface area contributed by atoms with Crippen LogP contribution < -0.4 is 0 Å². The highest BCUT2D eigenvalue weighted by Gasteiger charge is 2.11. The number of halogens is 3. The lowest BCUT2D eigenvalue weighted by Gasteiger charge is -2.06. The van der Waals surface area contributed by atoms with Gasteiger partial charge in [-0.05, 0) is 18.6 Å². The van der Waals surface area contributed by atoms with Crippen LogP contribution in [0.1, 0.15) is 24.7 Å². The largest absolute Gasteiger partial charge is 0.262 e. The summed E-state index contributed by atoms with van der Waals surface area (Å²) in [5.41, 5.74) is 0.808. The monoisotopic (exact) mass is 335 g/mol. The van der Waals surface area contributed by atoms with Crippen LogP contribution in [0.3, 0.4) is 0 Å². The second-order valence-electron chi connectivity index (χ2n) is 3.93. The molecule has 0 aliphatic carbocycles. The van der Waals surface area contributed by atoms with Crippen molar-refractivity contribution in [1.82, 2.24) is 15.2 Å². The van der Waals surface area contributed by atoms with Crippen molar-refractivity contribution < 1.29 is 0 Å². The number of aromatic nitrogens is 3. The molecule has 1 aromatic heterocycles. The standard InChI is InChI=1S/C12H12Cl3N3S/c1-2-3-10-16-12(18-17-10)19-6-7-8(13)4-5-9(14)11(7)15/h4-5H,2-3,6H2,1H3,(H,16,17,18). The van der Waals surface area contributed by atoms with Gasteiger partial charge in [0.15, 0.2) is 0 Å². The van der Waals surface area contributed by atoms with Crippen molar-refractivity contribution in [3.8, 4) is 0 Å². The first-order valence-electron chi connectivity index (χ1n) is 5.78. The Balaban J connectivity index is 2.07. The van der Waals surface area contributed by atoms with E-state index in [2.05, 4.69) is 22.1 Å². The summed E-state index contributed by atoms with van der Waals surface area (Å²) in [6.45, 7) is 2.10. The van der Waals surface area contributed by atoms with Gasteiger partial charge in [-0.15, -0.1) is 5.10 Å². The Kier molecular flexibility index (Phi) is 5.39. The Hall–Kier alpha value is -0.420. The van der Waals surface area contributed by atoms with Crippen molar-refractivity contribution in [3.05, 3.63) is 38.6 Å². The van der Waals surface area contributed by atoms with E-state index in [1.165, 1.54) is 11.8 Å². The first kappa shape index (κ1) is 15.0. The van der Waals surface area contributed by atoms with Crippen LogP contribution in [0.5, 0.6) is 0 Å². The summed E-state index contributed by atoms with van der Waals surface area (Å²) < 4.78 is 0. The number of nitrogens with zero attached hydrogens (tertiary/aromatic N) is 2. The average molecular weight is 337 g/mol. The van der Waals surface area contributed by atoms with Gasteiger partial charge in [0.1, 0.15) is 5.82 Å². The Morgan fingerprint density at radius 2 is 1.95 bits per heavy atom. The molecule has 0 amide bonds. The van der Waals surface area contributed by atoms with Gasteiger partial charge in [-0.1, -0.05) is 53.5 Å². The molecule has 0 saturated carbocycles. The third kappa shape index (κ3) is 3.78. The van der Waals surface area contributed by atoms with E-state index < -0.39 is 0 Å². The lowest BCUT2D eigenvalue weighted by atomic mass is 10.2. The van der Waals surface area contributed by atoms with Gasteiger partial charge in [0, 0.05) is 22.8 Å². The third-order valence-electron chi connectivity index (χ3n) is 2.48. The maximum absolute atomic E-state index is 6.14. The van der Waals surface area contributed by atoms with Crippen molar-refractivity contribution in [2.75, 3.05) is 0 Å². The molecule has 7 heteroatoms. The minimum absolute atomic E-state index is 0.492. The molecule has 0 fully saturated rings. The number of nitrogens with one attached hydrogen (secondary N) is 1. The summed E-state index contributed by atoms with van der Waals surface area (Å²) in [6.07, 6.45) is 1.93. The smallest absolute Gasteiger partial charge is 0.208 e. The maximum atomic E-state index is 6.14. The number of rotatable bonds is 5. The second kappa shape index (κ2) is 6.84. The van der Waals surface area contributed by atoms with E-state index in [-0.39, 0.29) is 0 Å². The van der Waals surface area contributed by atoms with Crippen LogP contribution in [0.15, 0.2) is 17.3 Å². The normalized spacial score (nSPS) is 10.9. The first-order valence-corrected chi connectivity index (χ1v) is 7.90. The van der Waals surface area contributed by atoms with Crippen LogP contribution in [0.2, 0.25) is 15.1 Å². The number of benzene rings is 1. The maximum Gasteiger partial charge on any atom is 0.208 e. The van der Waals surface area contributed by atoms with E-state index in [9.17, 15) is 0 Å². The zero-order valence-corrected chi connectivity index (χ0v) is 13.3. The van der Waals surface area contributed by atoms with Crippen molar-refractivity contribution in [1.29, 1.82) is 0 Å². The quantitative estimate of drug-likeness (QED) is 0.616. The van der Waals surface area contributed by atoms with Gasteiger partial charge in [0.05, 0.1) is 10.0 Å². The number of H-pyrrole nitrogens is 1. The molecule has 0 bridgehead atoms. The number of aryl methyl sites for hydroxylation is 1. The van der Waals surface area contributed by atoms with Crippen molar-refractivity contribution >= 4 is 46.6 Å². The van der Waals surface area contributed by atoms with E-state index in [4.69, 9.17) is 34.8 Å². The third-order valence-corrected chi connectivity index (χ3v) is 4.55. The lowest BCUT2D eigenvalue weighted by molar-refractivity contribution is 0.840. The van der Waals surface area contributed by atoms with Crippen LogP contribution in [-0.2, 0) is 12.2 Å². The number of aromatic amines is 1. The molecule has 19 heavy (non-hydrogen) atoms. The van der Waals surface area contributed by atoms with Crippen LogP contribution >= 0.6 is 46.6 Å². The van der Waals surface area contributed by atoms with Gasteiger partial charge in [-0.25, -0.2) is 4.98 Å². The minimum Gasteiger partial charge on any atom is -0.262 e. The SMILES string of the molecule is CCCc1nc(SCc2c(Cl)ccc(Cl)c2Cl)n[nH]1. The molecule has 1 N–H and O–H groups in total. The van der Waals surface area contributed by atoms with Gasteiger partial charge >= 0.3 is 0 Å². The number of thioether (sulfide) groups is 1. The molecule has 0 aliphatic rings. The summed E-state index contributed by atoms with van der Waals surface area (Å²) in [5, 5.41) is 9.34. The second-order valence-corrected chi connectivity index (χ2v) is 6.06. The van der Waals surface area contributed by atoms with Gasteiger partial charge in [0.2, 0.25) is 5.16 Å². The molecular formula is C12H12Cl3N3S. The summed E-state index contributed by atoms with van der Waals surface area (Å²) in [4.78, 5) is 4.37. The van der Waals surface area contributed by atoms with E-state index in [0.29, 0.717) is 26.0 Å². The molecule has 2 rings (SSSR count). The van der Waals surface area contributed by atoms with Gasteiger partial charge in [0.25, 0.3) is 0 Å². The molecule has 0 aliphatic heterocycles. The summed E-state index contributed by atoms with van der Waals surface area (Å²) in [7, 11) is 0. The van der Waals surface area contributed by atoms with Gasteiger partial charge in [-0.3, -0.25) is 5.10 Å². The summed E-state index contributed by atoms with van der Waals surface area (Å²) in [5.74, 6) is 1.48. The minimum atomic E-state index is 0.492. The van der Waals surface area contributed by atoms with Crippen molar-refractivity contribution in [2.45, 2.75) is 30.7 Å². The molecule has 0 saturated heterocycles. The molecule has 0 radical (unpaired) electrons. The zero-order valence-electron chi connectivity index (χ0n) is 10.2. The molecular weight excluding hydrogens is 325 g/mol. The fourth-order valence-corrected chi connectivity index (χ4v) is 3.23. The molecule has 0 spiro atoms. The Morgan fingerprint density at radius 1 is 1.21 bits per heavy atom. The fourth-order valence-electron chi connectivity index (χ4n) is 1.53. The number of hydrogen-bond acceptors (Lipinski definition) is 3. The van der Waals surface area contributed by atoms with Gasteiger partial charge in [-0.2, -0.15) is 0 Å². The molecule has 1 aromatic carbocycles. The highest BCUT2D eigenvalue weighted by molar-refractivity contribution is 7.98. The van der Waals surface area contributed by atoms with Crippen molar-refractivity contribution in [2.24, 2.45) is 0 Å². The predicted octanol–water partition coefficient (Wildman–Crippen LogP) is 5.01. The van der Waals surface area contributed by atoms with E-state index >= 15 is 0 Å². The molecule has 2 aromatic rings. The average Bonchev–Trinajstić information content (AvgIpc) is 2.82. The zero-order chi connectivity index (χ0) is 13.8. The van der Waals surface area contributed by atoms with E-state index in [0.717, 1.165) is 24.2 Å². The van der Waals surface area contributed by atoms with Crippen LogP contribution in [0.4, 0.5) is 0 Å². The molecule has 1 heterocycles. The van der Waals surface area contributed by atoms with Crippen molar-refractivity contribution in [3.63, 3.8) is 0 Å². The lowest BCUT2D eigenvalue weighted by Crippen LogP contribution is -1.87. The topological polar surface area (TPSA) is 41.6 Å². The van der Waals surface area contributed by atoms with E-state index in [1.807, 2.05) is 0 Å². The van der Waals surface area contributed by atoms with Gasteiger partial charge < -0.3 is 0 Å². The summed E-state index contributed by atoms with van der Waals surface area (Å²) in [6, 6.07) is 3.43. The highest BCUT2D eigenvalue weighted by atomic mass is 35.5. The van der Waals surface area contributed by atoms with Crippen LogP contribution in [0, 0.1) is 0 Å². The predicted molar refractivity (Wildman–Crippen MR) is 81.4 cm³/mol. The first-order chi connectivity index (χ1) is 9.11. The van der Waals surface area contributed by atoms with Crippen LogP contribution in [-0.4, -0.2) is 15.2 Å². The molecule has 0 unspecified atom stereocenters. The fraction of sp³-hybridized carbons (Fsp3) is 0.333. The highest BCUT2D eigenvalue weighted by Crippen LogP contribution is 2.35. The number of hydrogen-bond donors (Lipinski definition) is 1.